The van der Waals surface area contributed by atoms with E-state index in [1.54, 1.807) is 0 Å². The quantitative estimate of drug-likeness (QED) is 0.716. The molecule has 0 radical (unpaired) electrons. The van der Waals surface area contributed by atoms with Crippen LogP contribution in [-0.4, -0.2) is 48.7 Å². The molecule has 2 aromatic rings. The molecule has 9 heteroatoms. The lowest BCUT2D eigenvalue weighted by molar-refractivity contribution is 0.0222. The third-order valence-electron chi connectivity index (χ3n) is 4.92. The highest BCUT2D eigenvalue weighted by Gasteiger charge is 2.31. The Morgan fingerprint density at radius 3 is 2.70 bits per heavy atom. The van der Waals surface area contributed by atoms with E-state index in [-0.39, 0.29) is 11.0 Å². The maximum absolute atomic E-state index is 13.3. The zero-order valence-electron chi connectivity index (χ0n) is 14.9. The van der Waals surface area contributed by atoms with Gasteiger partial charge >= 0.3 is 0 Å². The largest absolute Gasteiger partial charge is 0.378 e. The van der Waals surface area contributed by atoms with Gasteiger partial charge in [-0.1, -0.05) is 11.2 Å². The summed E-state index contributed by atoms with van der Waals surface area (Å²) < 4.78 is 51.0. The van der Waals surface area contributed by atoms with Crippen molar-refractivity contribution < 1.29 is 22.1 Å². The highest BCUT2D eigenvalue weighted by atomic mass is 32.2. The Bertz CT molecular complexity index is 890. The van der Waals surface area contributed by atoms with Gasteiger partial charge in [-0.2, -0.15) is 9.29 Å². The van der Waals surface area contributed by atoms with Crippen LogP contribution in [0, 0.1) is 5.82 Å². The Labute approximate surface area is 157 Å². The van der Waals surface area contributed by atoms with E-state index in [1.807, 2.05) is 0 Å². The number of halogens is 1. The summed E-state index contributed by atoms with van der Waals surface area (Å²) in [5.41, 5.74) is 0. The first kappa shape index (κ1) is 18.5. The maximum Gasteiger partial charge on any atom is 0.243 e. The average molecular weight is 395 g/mol. The van der Waals surface area contributed by atoms with E-state index >= 15 is 0 Å². The number of ether oxygens (including phenoxy) is 1. The van der Waals surface area contributed by atoms with E-state index in [2.05, 4.69) is 10.1 Å². The third kappa shape index (κ3) is 4.36. The van der Waals surface area contributed by atoms with Crippen LogP contribution in [0.3, 0.4) is 0 Å². The first-order valence-corrected chi connectivity index (χ1v) is 10.7. The maximum atomic E-state index is 13.3. The summed E-state index contributed by atoms with van der Waals surface area (Å²) in [4.78, 5) is 4.36. The van der Waals surface area contributed by atoms with Gasteiger partial charge in [0.25, 0.3) is 0 Å². The second-order valence-electron chi connectivity index (χ2n) is 7.00. The lowest BCUT2D eigenvalue weighted by Crippen LogP contribution is -2.41. The predicted molar refractivity (Wildman–Crippen MR) is 94.1 cm³/mol. The van der Waals surface area contributed by atoms with Crippen molar-refractivity contribution in [3.63, 3.8) is 0 Å². The molecule has 0 amide bonds. The number of benzene rings is 1. The Balaban J connectivity index is 1.24. The minimum absolute atomic E-state index is 0.00115. The van der Waals surface area contributed by atoms with Crippen LogP contribution < -0.4 is 0 Å². The third-order valence-corrected chi connectivity index (χ3v) is 6.82. The van der Waals surface area contributed by atoms with Crippen LogP contribution in [0.4, 0.5) is 4.39 Å². The van der Waals surface area contributed by atoms with Gasteiger partial charge in [0.15, 0.2) is 5.82 Å². The number of rotatable bonds is 7. The normalized spacial score (nSPS) is 19.4. The van der Waals surface area contributed by atoms with Crippen molar-refractivity contribution >= 4 is 10.0 Å². The lowest BCUT2D eigenvalue weighted by atomic mass is 10.1. The van der Waals surface area contributed by atoms with Crippen LogP contribution in [0.15, 0.2) is 33.7 Å². The SMILES string of the molecule is O=S(=O)(c1cccc(F)c1)N1CCC(OCCc2noc(C3CC3)n2)CC1. The lowest BCUT2D eigenvalue weighted by Gasteiger charge is -2.31. The Kier molecular flexibility index (Phi) is 5.25. The molecule has 0 N–H and O–H groups in total. The zero-order valence-corrected chi connectivity index (χ0v) is 15.7. The van der Waals surface area contributed by atoms with Gasteiger partial charge in [0.1, 0.15) is 5.82 Å². The summed E-state index contributed by atoms with van der Waals surface area (Å²) in [6.07, 6.45) is 4.03. The average Bonchev–Trinajstić information content (AvgIpc) is 3.41. The van der Waals surface area contributed by atoms with Crippen molar-refractivity contribution in [1.29, 1.82) is 0 Å². The standard InChI is InChI=1S/C18H22FN3O4S/c19-14-2-1-3-16(12-14)27(23,24)22-9-6-15(7-10-22)25-11-8-17-20-18(26-21-17)13-4-5-13/h1-3,12-13,15H,4-11H2. The van der Waals surface area contributed by atoms with Gasteiger partial charge in [0.2, 0.25) is 15.9 Å². The summed E-state index contributed by atoms with van der Waals surface area (Å²) in [6, 6.07) is 5.11. The van der Waals surface area contributed by atoms with E-state index < -0.39 is 15.8 Å². The second-order valence-corrected chi connectivity index (χ2v) is 8.94. The van der Waals surface area contributed by atoms with Crippen molar-refractivity contribution in [2.45, 2.75) is 49.0 Å². The molecule has 2 fully saturated rings. The fourth-order valence-corrected chi connectivity index (χ4v) is 4.70. The number of nitrogens with zero attached hydrogens (tertiary/aromatic N) is 3. The number of piperidine rings is 1. The molecule has 0 spiro atoms. The van der Waals surface area contributed by atoms with Crippen molar-refractivity contribution in [1.82, 2.24) is 14.4 Å². The Morgan fingerprint density at radius 2 is 2.00 bits per heavy atom. The zero-order chi connectivity index (χ0) is 18.9. The molecule has 1 aromatic carbocycles. The molecule has 7 nitrogen and oxygen atoms in total. The van der Waals surface area contributed by atoms with Crippen LogP contribution in [0.5, 0.6) is 0 Å². The topological polar surface area (TPSA) is 85.5 Å². The van der Waals surface area contributed by atoms with Crippen LogP contribution in [-0.2, 0) is 21.2 Å². The highest BCUT2D eigenvalue weighted by molar-refractivity contribution is 7.89. The van der Waals surface area contributed by atoms with Crippen molar-refractivity contribution in [3.8, 4) is 0 Å². The van der Waals surface area contributed by atoms with E-state index in [0.717, 1.165) is 24.8 Å². The molecule has 1 aliphatic carbocycles. The van der Waals surface area contributed by atoms with Gasteiger partial charge < -0.3 is 9.26 Å². The molecule has 1 saturated carbocycles. The molecule has 1 aliphatic heterocycles. The molecular weight excluding hydrogens is 373 g/mol. The molecule has 1 aromatic heterocycles. The summed E-state index contributed by atoms with van der Waals surface area (Å²) in [7, 11) is -3.67. The molecule has 27 heavy (non-hydrogen) atoms. The van der Waals surface area contributed by atoms with E-state index in [4.69, 9.17) is 9.26 Å². The molecule has 2 aliphatic rings. The van der Waals surface area contributed by atoms with Crippen LogP contribution >= 0.6 is 0 Å². The van der Waals surface area contributed by atoms with Crippen molar-refractivity contribution in [2.75, 3.05) is 19.7 Å². The summed E-state index contributed by atoms with van der Waals surface area (Å²) in [6.45, 7) is 1.19. The molecule has 4 rings (SSSR count). The highest BCUT2D eigenvalue weighted by Crippen LogP contribution is 2.38. The summed E-state index contributed by atoms with van der Waals surface area (Å²) in [5, 5.41) is 3.96. The molecule has 0 atom stereocenters. The van der Waals surface area contributed by atoms with Crippen LogP contribution in [0.2, 0.25) is 0 Å². The molecule has 1 saturated heterocycles. The van der Waals surface area contributed by atoms with E-state index in [9.17, 15) is 12.8 Å². The van der Waals surface area contributed by atoms with Crippen LogP contribution in [0.25, 0.3) is 0 Å². The Hall–Kier alpha value is -1.84. The second kappa shape index (κ2) is 7.65. The fourth-order valence-electron chi connectivity index (χ4n) is 3.20. The van der Waals surface area contributed by atoms with Gasteiger partial charge in [-0.15, -0.1) is 0 Å². The first-order chi connectivity index (χ1) is 13.0. The molecule has 0 bridgehead atoms. The molecular formula is C18H22FN3O4S. The van der Waals surface area contributed by atoms with Crippen LogP contribution in [0.1, 0.15) is 43.3 Å². The van der Waals surface area contributed by atoms with Gasteiger partial charge in [0, 0.05) is 25.4 Å². The Morgan fingerprint density at radius 1 is 1.22 bits per heavy atom. The van der Waals surface area contributed by atoms with Gasteiger partial charge in [-0.3, -0.25) is 0 Å². The number of hydrogen-bond acceptors (Lipinski definition) is 6. The van der Waals surface area contributed by atoms with E-state index in [0.29, 0.717) is 50.7 Å². The van der Waals surface area contributed by atoms with E-state index in [1.165, 1.54) is 22.5 Å². The number of sulfonamides is 1. The van der Waals surface area contributed by atoms with Crippen molar-refractivity contribution in [3.05, 3.63) is 41.8 Å². The smallest absolute Gasteiger partial charge is 0.243 e. The summed E-state index contributed by atoms with van der Waals surface area (Å²) in [5.74, 6) is 1.26. The molecule has 146 valence electrons. The molecule has 2 heterocycles. The number of hydrogen-bond donors (Lipinski definition) is 0. The monoisotopic (exact) mass is 395 g/mol. The number of aromatic nitrogens is 2. The van der Waals surface area contributed by atoms with Gasteiger partial charge in [-0.05, 0) is 43.9 Å². The minimum Gasteiger partial charge on any atom is -0.378 e. The predicted octanol–water partition coefficient (Wildman–Crippen LogP) is 2.50. The summed E-state index contributed by atoms with van der Waals surface area (Å²) >= 11 is 0. The van der Waals surface area contributed by atoms with Crippen molar-refractivity contribution in [2.24, 2.45) is 0 Å². The molecule has 0 unspecified atom stereocenters. The fraction of sp³-hybridized carbons (Fsp3) is 0.556. The van der Waals surface area contributed by atoms with Gasteiger partial charge in [0.05, 0.1) is 17.6 Å². The first-order valence-electron chi connectivity index (χ1n) is 9.22. The minimum atomic E-state index is -3.67. The van der Waals surface area contributed by atoms with Gasteiger partial charge in [-0.25, -0.2) is 12.8 Å².